The van der Waals surface area contributed by atoms with Crippen LogP contribution in [-0.4, -0.2) is 42.1 Å². The third kappa shape index (κ3) is 5.65. The van der Waals surface area contributed by atoms with Crippen LogP contribution in [0.3, 0.4) is 0 Å². The van der Waals surface area contributed by atoms with Crippen molar-refractivity contribution in [3.63, 3.8) is 0 Å². The first kappa shape index (κ1) is 19.1. The minimum absolute atomic E-state index is 0.0542. The highest BCUT2D eigenvalue weighted by Crippen LogP contribution is 2.21. The Morgan fingerprint density at radius 1 is 1.44 bits per heavy atom. The lowest BCUT2D eigenvalue weighted by molar-refractivity contribution is 0.305. The number of halogens is 2. The average Bonchev–Trinajstić information content (AvgIpc) is 3.00. The number of hydrogen-bond acceptors (Lipinski definition) is 8. The summed E-state index contributed by atoms with van der Waals surface area (Å²) in [4.78, 5) is 0. The zero-order valence-electron chi connectivity index (χ0n) is 12.6. The SMILES string of the molecule is NS(=O)(=O)CCCNc1nonc1C(=NO)Nc1ccc(F)c(Br)c1. The van der Waals surface area contributed by atoms with Crippen molar-refractivity contribution in [2.75, 3.05) is 22.9 Å². The molecule has 0 amide bonds. The molecule has 0 radical (unpaired) electrons. The van der Waals surface area contributed by atoms with E-state index in [1.807, 2.05) is 0 Å². The van der Waals surface area contributed by atoms with Crippen LogP contribution >= 0.6 is 15.9 Å². The molecule has 0 unspecified atom stereocenters. The van der Waals surface area contributed by atoms with Gasteiger partial charge in [-0.05, 0) is 50.9 Å². The molecule has 0 bridgehead atoms. The topological polar surface area (TPSA) is 156 Å². The second-order valence-corrected chi connectivity index (χ2v) is 7.40. The summed E-state index contributed by atoms with van der Waals surface area (Å²) in [6, 6.07) is 4.08. The molecule has 1 aromatic carbocycles. The smallest absolute Gasteiger partial charge is 0.209 e. The van der Waals surface area contributed by atoms with E-state index in [0.717, 1.165) is 0 Å². The highest BCUT2D eigenvalue weighted by molar-refractivity contribution is 9.10. The summed E-state index contributed by atoms with van der Waals surface area (Å²) in [6.45, 7) is 0.221. The second-order valence-electron chi connectivity index (χ2n) is 4.81. The van der Waals surface area contributed by atoms with Gasteiger partial charge in [-0.2, -0.15) is 0 Å². The van der Waals surface area contributed by atoms with E-state index >= 15 is 0 Å². The van der Waals surface area contributed by atoms with Crippen molar-refractivity contribution < 1.29 is 22.6 Å². The minimum Gasteiger partial charge on any atom is -0.409 e. The summed E-state index contributed by atoms with van der Waals surface area (Å²) in [5.41, 5.74) is 0.475. The molecular weight excluding hydrogens is 423 g/mol. The van der Waals surface area contributed by atoms with Crippen LogP contribution in [-0.2, 0) is 10.0 Å². The van der Waals surface area contributed by atoms with Gasteiger partial charge in [-0.1, -0.05) is 5.16 Å². The molecule has 0 aliphatic rings. The predicted octanol–water partition coefficient (Wildman–Crippen LogP) is 1.31. The first-order chi connectivity index (χ1) is 11.8. The Bertz CT molecular complexity index is 872. The van der Waals surface area contributed by atoms with Gasteiger partial charge in [-0.15, -0.1) is 0 Å². The molecule has 10 nitrogen and oxygen atoms in total. The quantitative estimate of drug-likeness (QED) is 0.166. The Hall–Kier alpha value is -2.25. The monoisotopic (exact) mass is 436 g/mol. The third-order valence-electron chi connectivity index (χ3n) is 2.89. The molecular formula is C12H14BrFN6O4S. The van der Waals surface area contributed by atoms with Crippen LogP contribution in [0, 0.1) is 5.82 Å². The van der Waals surface area contributed by atoms with Crippen LogP contribution in [0.5, 0.6) is 0 Å². The van der Waals surface area contributed by atoms with Crippen LogP contribution in [0.1, 0.15) is 12.1 Å². The molecule has 1 aromatic heterocycles. The normalized spacial score (nSPS) is 12.2. The van der Waals surface area contributed by atoms with Crippen LogP contribution < -0.4 is 15.8 Å². The van der Waals surface area contributed by atoms with Crippen molar-refractivity contribution in [2.24, 2.45) is 10.3 Å². The summed E-state index contributed by atoms with van der Waals surface area (Å²) in [7, 11) is -3.56. The van der Waals surface area contributed by atoms with Crippen molar-refractivity contribution >= 4 is 43.3 Å². The van der Waals surface area contributed by atoms with E-state index in [-0.39, 0.29) is 40.5 Å². The number of nitrogens with zero attached hydrogens (tertiary/aromatic N) is 3. The summed E-state index contributed by atoms with van der Waals surface area (Å²) in [5, 5.41) is 30.0. The molecule has 0 spiro atoms. The maximum absolute atomic E-state index is 13.3. The van der Waals surface area contributed by atoms with Gasteiger partial charge >= 0.3 is 0 Å². The Balaban J connectivity index is 2.06. The van der Waals surface area contributed by atoms with E-state index in [4.69, 9.17) is 5.14 Å². The minimum atomic E-state index is -3.56. The maximum Gasteiger partial charge on any atom is 0.209 e. The number of aromatic nitrogens is 2. The lowest BCUT2D eigenvalue weighted by Gasteiger charge is -2.08. The summed E-state index contributed by atoms with van der Waals surface area (Å²) in [6.07, 6.45) is 0.231. The van der Waals surface area contributed by atoms with Gasteiger partial charge in [0.05, 0.1) is 10.2 Å². The van der Waals surface area contributed by atoms with E-state index in [9.17, 15) is 18.0 Å². The van der Waals surface area contributed by atoms with Gasteiger partial charge in [0, 0.05) is 12.2 Å². The van der Waals surface area contributed by atoms with E-state index in [2.05, 4.69) is 46.7 Å². The summed E-state index contributed by atoms with van der Waals surface area (Å²) < 4.78 is 39.8. The molecule has 0 atom stereocenters. The fraction of sp³-hybridized carbons (Fsp3) is 0.250. The number of oxime groups is 1. The van der Waals surface area contributed by atoms with Gasteiger partial charge in [0.15, 0.2) is 5.69 Å². The molecule has 0 aliphatic heterocycles. The molecule has 0 saturated heterocycles. The largest absolute Gasteiger partial charge is 0.409 e. The molecule has 25 heavy (non-hydrogen) atoms. The third-order valence-corrected chi connectivity index (χ3v) is 4.36. The fourth-order valence-electron chi connectivity index (χ4n) is 1.78. The summed E-state index contributed by atoms with van der Waals surface area (Å²) in [5.74, 6) is -0.624. The van der Waals surface area contributed by atoms with E-state index in [1.54, 1.807) is 0 Å². The first-order valence-corrected chi connectivity index (χ1v) is 9.32. The van der Waals surface area contributed by atoms with Crippen molar-refractivity contribution in [1.29, 1.82) is 0 Å². The zero-order chi connectivity index (χ0) is 18.4. The van der Waals surface area contributed by atoms with Crippen molar-refractivity contribution in [3.8, 4) is 0 Å². The van der Waals surface area contributed by atoms with Gasteiger partial charge < -0.3 is 15.8 Å². The van der Waals surface area contributed by atoms with Crippen LogP contribution in [0.25, 0.3) is 0 Å². The lowest BCUT2D eigenvalue weighted by atomic mass is 10.3. The molecule has 136 valence electrons. The Labute approximate surface area is 150 Å². The number of nitrogens with one attached hydrogen (secondary N) is 2. The molecule has 2 aromatic rings. The molecule has 2 rings (SSSR count). The maximum atomic E-state index is 13.3. The molecule has 0 fully saturated rings. The number of benzene rings is 1. The van der Waals surface area contributed by atoms with Gasteiger partial charge in [0.2, 0.25) is 21.7 Å². The predicted molar refractivity (Wildman–Crippen MR) is 91.4 cm³/mol. The highest BCUT2D eigenvalue weighted by atomic mass is 79.9. The number of nitrogens with two attached hydrogens (primary N) is 1. The first-order valence-electron chi connectivity index (χ1n) is 6.81. The van der Waals surface area contributed by atoms with Crippen molar-refractivity contribution in [3.05, 3.63) is 34.2 Å². The van der Waals surface area contributed by atoms with Crippen molar-refractivity contribution in [2.45, 2.75) is 6.42 Å². The molecule has 0 aliphatic carbocycles. The molecule has 0 saturated carbocycles. The van der Waals surface area contributed by atoms with Gasteiger partial charge in [0.1, 0.15) is 5.82 Å². The average molecular weight is 437 g/mol. The van der Waals surface area contributed by atoms with Gasteiger partial charge in [-0.25, -0.2) is 22.6 Å². The second kappa shape index (κ2) is 8.22. The zero-order valence-corrected chi connectivity index (χ0v) is 15.0. The number of amidine groups is 1. The van der Waals surface area contributed by atoms with Crippen molar-refractivity contribution in [1.82, 2.24) is 10.3 Å². The lowest BCUT2D eigenvalue weighted by Crippen LogP contribution is -2.20. The van der Waals surface area contributed by atoms with E-state index in [0.29, 0.717) is 5.69 Å². The number of primary sulfonamides is 1. The standard InChI is InChI=1S/C12H14BrFN6O4S/c13-8-6-7(2-3-9(8)14)17-12(18-21)10-11(20-24-19-10)16-4-1-5-25(15,22)23/h2-3,6,21H,1,4-5H2,(H,16,20)(H,17,18)(H2,15,22,23). The van der Waals surface area contributed by atoms with Gasteiger partial charge in [-0.3, -0.25) is 0 Å². The molecule has 13 heteroatoms. The van der Waals surface area contributed by atoms with Crippen LogP contribution in [0.2, 0.25) is 0 Å². The van der Waals surface area contributed by atoms with Crippen LogP contribution in [0.15, 0.2) is 32.5 Å². The number of rotatable bonds is 7. The number of hydrogen-bond donors (Lipinski definition) is 4. The number of anilines is 2. The Morgan fingerprint density at radius 3 is 2.84 bits per heavy atom. The number of sulfonamides is 1. The Morgan fingerprint density at radius 2 is 2.20 bits per heavy atom. The highest BCUT2D eigenvalue weighted by Gasteiger charge is 2.18. The van der Waals surface area contributed by atoms with E-state index < -0.39 is 15.8 Å². The summed E-state index contributed by atoms with van der Waals surface area (Å²) >= 11 is 3.04. The van der Waals surface area contributed by atoms with E-state index in [1.165, 1.54) is 18.2 Å². The molecule has 1 heterocycles. The molecule has 5 N–H and O–H groups in total. The Kier molecular flexibility index (Phi) is 6.27. The van der Waals surface area contributed by atoms with Gasteiger partial charge in [0.25, 0.3) is 0 Å². The fourth-order valence-corrected chi connectivity index (χ4v) is 2.71. The van der Waals surface area contributed by atoms with Crippen LogP contribution in [0.4, 0.5) is 15.9 Å².